The number of carbonyl (C=O) groups excluding carboxylic acids is 4. The van der Waals surface area contributed by atoms with Gasteiger partial charge < -0.3 is 19.5 Å². The number of nitrogens with one attached hydrogen (secondary N) is 2. The van der Waals surface area contributed by atoms with Crippen molar-refractivity contribution in [1.82, 2.24) is 5.32 Å². The highest BCUT2D eigenvalue weighted by molar-refractivity contribution is 9.10. The summed E-state index contributed by atoms with van der Waals surface area (Å²) < 4.78 is 16.7. The summed E-state index contributed by atoms with van der Waals surface area (Å²) in [4.78, 5) is 51.4. The van der Waals surface area contributed by atoms with Crippen LogP contribution < -0.4 is 29.7 Å². The molecule has 0 spiro atoms. The van der Waals surface area contributed by atoms with Gasteiger partial charge in [-0.1, -0.05) is 23.7 Å². The van der Waals surface area contributed by atoms with E-state index >= 15 is 0 Å². The fraction of sp³-hybridized carbons (Fsp3) is 0.111. The number of urea groups is 1. The number of nitrogens with zero attached hydrogens (tertiary/aromatic N) is 1. The van der Waals surface area contributed by atoms with E-state index in [1.807, 2.05) is 0 Å². The summed E-state index contributed by atoms with van der Waals surface area (Å²) in [5, 5.41) is 5.30. The molecule has 39 heavy (non-hydrogen) atoms. The van der Waals surface area contributed by atoms with Crippen molar-refractivity contribution in [2.45, 2.75) is 0 Å². The smallest absolute Gasteiger partial charge is 0.335 e. The summed E-state index contributed by atoms with van der Waals surface area (Å²) in [6.45, 7) is -0.341. The van der Waals surface area contributed by atoms with Gasteiger partial charge in [-0.25, -0.2) is 9.69 Å². The molecule has 0 atom stereocenters. The van der Waals surface area contributed by atoms with Gasteiger partial charge in [-0.3, -0.25) is 19.7 Å². The normalized spacial score (nSPS) is 14.2. The summed E-state index contributed by atoms with van der Waals surface area (Å²) in [5.74, 6) is -1.13. The van der Waals surface area contributed by atoms with E-state index in [1.165, 1.54) is 50.6 Å². The van der Waals surface area contributed by atoms with Crippen LogP contribution in [-0.4, -0.2) is 44.6 Å². The second-order valence-corrected chi connectivity index (χ2v) is 9.30. The SMILES string of the molecule is COc1ccccc1NC(=O)COc1c(Br)cc(/C=C2/C(=O)NC(=O)N(c3ccc(Cl)cc3)C2=O)cc1OC. The van der Waals surface area contributed by atoms with Crippen LogP contribution >= 0.6 is 27.5 Å². The van der Waals surface area contributed by atoms with E-state index in [2.05, 4.69) is 26.6 Å². The molecule has 0 bridgehead atoms. The van der Waals surface area contributed by atoms with Crippen molar-refractivity contribution in [2.24, 2.45) is 0 Å². The lowest BCUT2D eigenvalue weighted by Gasteiger charge is -2.26. The monoisotopic (exact) mass is 613 g/mol. The predicted octanol–water partition coefficient (Wildman–Crippen LogP) is 4.80. The van der Waals surface area contributed by atoms with Gasteiger partial charge in [-0.05, 0) is 76.1 Å². The first-order chi connectivity index (χ1) is 18.7. The predicted molar refractivity (Wildman–Crippen MR) is 148 cm³/mol. The molecular formula is C27H21BrClN3O7. The molecule has 1 heterocycles. The minimum atomic E-state index is -0.876. The minimum absolute atomic E-state index is 0.229. The Hall–Kier alpha value is -4.35. The largest absolute Gasteiger partial charge is 0.495 e. The molecule has 1 aliphatic rings. The Morgan fingerprint density at radius 2 is 1.72 bits per heavy atom. The Kier molecular flexibility index (Phi) is 8.52. The van der Waals surface area contributed by atoms with Gasteiger partial charge in [0.2, 0.25) is 0 Å². The lowest BCUT2D eigenvalue weighted by Crippen LogP contribution is -2.54. The van der Waals surface area contributed by atoms with Gasteiger partial charge in [0.15, 0.2) is 18.1 Å². The molecule has 0 unspecified atom stereocenters. The molecule has 10 nitrogen and oxygen atoms in total. The number of barbiturate groups is 1. The van der Waals surface area contributed by atoms with Gasteiger partial charge in [-0.15, -0.1) is 0 Å². The van der Waals surface area contributed by atoms with Gasteiger partial charge in [-0.2, -0.15) is 0 Å². The lowest BCUT2D eigenvalue weighted by atomic mass is 10.1. The Morgan fingerprint density at radius 1 is 1.03 bits per heavy atom. The van der Waals surface area contributed by atoms with Crippen LogP contribution in [0.1, 0.15) is 5.56 Å². The molecule has 1 fully saturated rings. The number of hydrogen-bond acceptors (Lipinski definition) is 7. The van der Waals surface area contributed by atoms with Crippen LogP contribution in [0.5, 0.6) is 17.2 Å². The van der Waals surface area contributed by atoms with Crippen molar-refractivity contribution in [1.29, 1.82) is 0 Å². The minimum Gasteiger partial charge on any atom is -0.495 e. The fourth-order valence-corrected chi connectivity index (χ4v) is 4.38. The van der Waals surface area contributed by atoms with E-state index in [4.69, 9.17) is 25.8 Å². The molecule has 1 aliphatic heterocycles. The standard InChI is InChI=1S/C27H21BrClN3O7/c1-37-21-6-4-3-5-20(21)30-23(33)14-39-24-19(28)12-15(13-22(24)38-2)11-18-25(34)31-27(36)32(26(18)35)17-9-7-16(29)8-10-17/h3-13H,14H2,1-2H3,(H,30,33)(H,31,34,36)/b18-11-. The summed E-state index contributed by atoms with van der Waals surface area (Å²) in [5.41, 5.74) is 0.856. The van der Waals surface area contributed by atoms with Crippen molar-refractivity contribution in [3.63, 3.8) is 0 Å². The van der Waals surface area contributed by atoms with E-state index < -0.39 is 23.8 Å². The Morgan fingerprint density at radius 3 is 2.41 bits per heavy atom. The quantitative estimate of drug-likeness (QED) is 0.276. The molecule has 1 saturated heterocycles. The molecule has 12 heteroatoms. The van der Waals surface area contributed by atoms with E-state index in [-0.39, 0.29) is 29.4 Å². The van der Waals surface area contributed by atoms with E-state index in [0.717, 1.165) is 4.90 Å². The summed E-state index contributed by atoms with van der Waals surface area (Å²) in [7, 11) is 2.90. The van der Waals surface area contributed by atoms with Crippen molar-refractivity contribution < 1.29 is 33.4 Å². The van der Waals surface area contributed by atoms with Crippen LogP contribution in [0.15, 0.2) is 70.7 Å². The van der Waals surface area contributed by atoms with E-state index in [0.29, 0.717) is 26.5 Å². The van der Waals surface area contributed by atoms with Crippen LogP contribution in [0.4, 0.5) is 16.2 Å². The molecule has 3 aromatic rings. The Balaban J connectivity index is 1.55. The van der Waals surface area contributed by atoms with E-state index in [1.54, 1.807) is 30.3 Å². The van der Waals surface area contributed by atoms with E-state index in [9.17, 15) is 19.2 Å². The van der Waals surface area contributed by atoms with Crippen LogP contribution in [0.3, 0.4) is 0 Å². The molecule has 0 aliphatic carbocycles. The van der Waals surface area contributed by atoms with Crippen LogP contribution in [0, 0.1) is 0 Å². The first-order valence-electron chi connectivity index (χ1n) is 11.3. The number of rotatable bonds is 8. The maximum atomic E-state index is 13.1. The van der Waals surface area contributed by atoms with Gasteiger partial charge in [0, 0.05) is 5.02 Å². The van der Waals surface area contributed by atoms with Crippen LogP contribution in [-0.2, 0) is 14.4 Å². The fourth-order valence-electron chi connectivity index (χ4n) is 3.68. The highest BCUT2D eigenvalue weighted by atomic mass is 79.9. The average Bonchev–Trinajstić information content (AvgIpc) is 2.91. The van der Waals surface area contributed by atoms with Crippen LogP contribution in [0.25, 0.3) is 6.08 Å². The molecular weight excluding hydrogens is 594 g/mol. The van der Waals surface area contributed by atoms with Gasteiger partial charge in [0.25, 0.3) is 17.7 Å². The molecule has 200 valence electrons. The average molecular weight is 615 g/mol. The number of amides is 5. The number of anilines is 2. The number of carbonyl (C=O) groups is 4. The van der Waals surface area contributed by atoms with Crippen molar-refractivity contribution in [3.8, 4) is 17.2 Å². The maximum Gasteiger partial charge on any atom is 0.335 e. The van der Waals surface area contributed by atoms with Gasteiger partial charge in [0.1, 0.15) is 11.3 Å². The molecule has 4 rings (SSSR count). The second kappa shape index (κ2) is 12.0. The topological polar surface area (TPSA) is 123 Å². The number of halogens is 2. The van der Waals surface area contributed by atoms with Crippen molar-refractivity contribution in [2.75, 3.05) is 31.0 Å². The lowest BCUT2D eigenvalue weighted by molar-refractivity contribution is -0.122. The van der Waals surface area contributed by atoms with Gasteiger partial charge >= 0.3 is 6.03 Å². The molecule has 5 amide bonds. The third-order valence-corrected chi connectivity index (χ3v) is 6.32. The van der Waals surface area contributed by atoms with Crippen molar-refractivity contribution >= 4 is 68.7 Å². The zero-order valence-corrected chi connectivity index (χ0v) is 23.0. The third kappa shape index (κ3) is 6.21. The molecule has 0 aromatic heterocycles. The zero-order valence-electron chi connectivity index (χ0n) is 20.6. The number of benzene rings is 3. The molecule has 3 aromatic carbocycles. The number of imide groups is 2. The summed E-state index contributed by atoms with van der Waals surface area (Å²) in [6.07, 6.45) is 1.32. The van der Waals surface area contributed by atoms with Crippen LogP contribution in [0.2, 0.25) is 5.02 Å². The highest BCUT2D eigenvalue weighted by Crippen LogP contribution is 2.37. The second-order valence-electron chi connectivity index (χ2n) is 8.01. The summed E-state index contributed by atoms with van der Waals surface area (Å²) in [6, 6.07) is 15.2. The Bertz CT molecular complexity index is 1490. The number of hydrogen-bond donors (Lipinski definition) is 2. The molecule has 0 saturated carbocycles. The third-order valence-electron chi connectivity index (χ3n) is 5.48. The first kappa shape index (κ1) is 27.7. The summed E-state index contributed by atoms with van der Waals surface area (Å²) >= 11 is 9.29. The Labute approximate surface area is 236 Å². The van der Waals surface area contributed by atoms with Crippen molar-refractivity contribution in [3.05, 3.63) is 81.3 Å². The maximum absolute atomic E-state index is 13.1. The number of ether oxygens (including phenoxy) is 3. The van der Waals surface area contributed by atoms with Gasteiger partial charge in [0.05, 0.1) is 30.1 Å². The molecule has 0 radical (unpaired) electrons. The highest BCUT2D eigenvalue weighted by Gasteiger charge is 2.36. The number of para-hydroxylation sites is 2. The molecule has 2 N–H and O–H groups in total. The first-order valence-corrected chi connectivity index (χ1v) is 12.5. The zero-order chi connectivity index (χ0) is 28.1. The number of methoxy groups -OCH3 is 2.